The van der Waals surface area contributed by atoms with Crippen molar-refractivity contribution in [3.8, 4) is 0 Å². The Hall–Kier alpha value is -3.73. The van der Waals surface area contributed by atoms with Crippen molar-refractivity contribution >= 4 is 23.7 Å². The molecule has 0 aliphatic rings. The number of aromatic amines is 1. The molecule has 0 spiro atoms. The summed E-state index contributed by atoms with van der Waals surface area (Å²) in [7, 11) is 0. The SMILES string of the molecule is CC(C)CC(NC(=O)C(CC(C)C)NC(=O)C(Cc1ccccc1)NC(=O)C(N)Cc1cnc[nH]1)C(=O)O. The normalized spacial score (nSPS) is 14.4. The predicted octanol–water partition coefficient (Wildman–Crippen LogP) is 1.15. The number of carbonyl (C=O) groups is 4. The number of nitrogens with zero attached hydrogens (tertiary/aromatic N) is 1. The van der Waals surface area contributed by atoms with Gasteiger partial charge in [0.15, 0.2) is 0 Å². The first-order valence-electron chi connectivity index (χ1n) is 12.9. The van der Waals surface area contributed by atoms with Crippen molar-refractivity contribution in [3.05, 3.63) is 54.1 Å². The van der Waals surface area contributed by atoms with Crippen LogP contribution in [0.5, 0.6) is 0 Å². The number of nitrogens with two attached hydrogens (primary N) is 1. The van der Waals surface area contributed by atoms with E-state index < -0.39 is 47.9 Å². The predicted molar refractivity (Wildman–Crippen MR) is 143 cm³/mol. The largest absolute Gasteiger partial charge is 0.480 e. The van der Waals surface area contributed by atoms with E-state index in [4.69, 9.17) is 5.73 Å². The molecule has 2 aromatic rings. The lowest BCUT2D eigenvalue weighted by Gasteiger charge is -2.26. The Bertz CT molecular complexity index is 1040. The van der Waals surface area contributed by atoms with Crippen molar-refractivity contribution < 1.29 is 24.3 Å². The molecule has 0 saturated carbocycles. The summed E-state index contributed by atoms with van der Waals surface area (Å²) in [6.07, 6.45) is 3.98. The Labute approximate surface area is 223 Å². The van der Waals surface area contributed by atoms with Crippen LogP contribution in [0.2, 0.25) is 0 Å². The van der Waals surface area contributed by atoms with Crippen LogP contribution in [0.4, 0.5) is 0 Å². The van der Waals surface area contributed by atoms with E-state index in [1.54, 1.807) is 6.20 Å². The molecule has 1 aromatic heterocycles. The quantitative estimate of drug-likeness (QED) is 0.201. The van der Waals surface area contributed by atoms with E-state index in [1.165, 1.54) is 6.33 Å². The van der Waals surface area contributed by atoms with Gasteiger partial charge in [-0.2, -0.15) is 0 Å². The van der Waals surface area contributed by atoms with Gasteiger partial charge in [0.2, 0.25) is 17.7 Å². The summed E-state index contributed by atoms with van der Waals surface area (Å²) in [6.45, 7) is 7.52. The molecule has 0 radical (unpaired) electrons. The molecule has 1 aromatic carbocycles. The summed E-state index contributed by atoms with van der Waals surface area (Å²) in [6, 6.07) is 5.17. The number of amides is 3. The third-order valence-electron chi connectivity index (χ3n) is 5.91. The summed E-state index contributed by atoms with van der Waals surface area (Å²) < 4.78 is 0. The highest BCUT2D eigenvalue weighted by molar-refractivity contribution is 5.94. The van der Waals surface area contributed by atoms with Crippen LogP contribution in [0, 0.1) is 11.8 Å². The molecule has 11 nitrogen and oxygen atoms in total. The van der Waals surface area contributed by atoms with Crippen molar-refractivity contribution in [1.82, 2.24) is 25.9 Å². The number of aliphatic carboxylic acids is 1. The van der Waals surface area contributed by atoms with Gasteiger partial charge in [0.25, 0.3) is 0 Å². The van der Waals surface area contributed by atoms with Crippen LogP contribution in [0.1, 0.15) is 51.8 Å². The summed E-state index contributed by atoms with van der Waals surface area (Å²) in [5.74, 6) is -2.73. The van der Waals surface area contributed by atoms with Gasteiger partial charge in [-0.3, -0.25) is 14.4 Å². The molecule has 2 rings (SSSR count). The lowest BCUT2D eigenvalue weighted by atomic mass is 9.99. The van der Waals surface area contributed by atoms with Crippen LogP contribution in [-0.2, 0) is 32.0 Å². The van der Waals surface area contributed by atoms with Gasteiger partial charge in [-0.05, 0) is 30.2 Å². The van der Waals surface area contributed by atoms with Crippen molar-refractivity contribution in [1.29, 1.82) is 0 Å². The van der Waals surface area contributed by atoms with Gasteiger partial charge in [0.1, 0.15) is 18.1 Å². The lowest BCUT2D eigenvalue weighted by Crippen LogP contribution is -2.58. The number of carbonyl (C=O) groups excluding carboxylic acids is 3. The minimum Gasteiger partial charge on any atom is -0.480 e. The van der Waals surface area contributed by atoms with Crippen molar-refractivity contribution in [2.75, 3.05) is 0 Å². The minimum atomic E-state index is -1.14. The average Bonchev–Trinajstić information content (AvgIpc) is 3.35. The first kappa shape index (κ1) is 30.5. The molecule has 0 aliphatic heterocycles. The van der Waals surface area contributed by atoms with E-state index in [2.05, 4.69) is 25.9 Å². The smallest absolute Gasteiger partial charge is 0.326 e. The molecule has 0 saturated heterocycles. The van der Waals surface area contributed by atoms with Gasteiger partial charge < -0.3 is 31.8 Å². The van der Waals surface area contributed by atoms with Crippen LogP contribution in [0.3, 0.4) is 0 Å². The van der Waals surface area contributed by atoms with Crippen LogP contribution in [0.25, 0.3) is 0 Å². The molecule has 4 atom stereocenters. The first-order chi connectivity index (χ1) is 18.0. The van der Waals surface area contributed by atoms with Crippen molar-refractivity contribution in [2.45, 2.75) is 77.5 Å². The molecular formula is C27H40N6O5. The zero-order valence-electron chi connectivity index (χ0n) is 22.4. The second kappa shape index (κ2) is 14.9. The number of benzene rings is 1. The van der Waals surface area contributed by atoms with Gasteiger partial charge >= 0.3 is 5.97 Å². The summed E-state index contributed by atoms with van der Waals surface area (Å²) in [5.41, 5.74) is 7.57. The topological polar surface area (TPSA) is 179 Å². The third kappa shape index (κ3) is 10.3. The van der Waals surface area contributed by atoms with Crippen LogP contribution in [-0.4, -0.2) is 62.9 Å². The van der Waals surface area contributed by atoms with Gasteiger partial charge in [-0.1, -0.05) is 58.0 Å². The highest BCUT2D eigenvalue weighted by Gasteiger charge is 2.31. The number of hydrogen-bond donors (Lipinski definition) is 6. The molecule has 3 amide bonds. The number of carboxylic acid groups (broad SMARTS) is 1. The molecular weight excluding hydrogens is 488 g/mol. The molecule has 38 heavy (non-hydrogen) atoms. The third-order valence-corrected chi connectivity index (χ3v) is 5.91. The summed E-state index contributed by atoms with van der Waals surface area (Å²) in [5, 5.41) is 17.6. The van der Waals surface area contributed by atoms with Gasteiger partial charge in [-0.15, -0.1) is 0 Å². The lowest BCUT2D eigenvalue weighted by molar-refractivity contribution is -0.143. The molecule has 1 heterocycles. The maximum absolute atomic E-state index is 13.4. The Balaban J connectivity index is 2.19. The van der Waals surface area contributed by atoms with E-state index in [0.29, 0.717) is 5.69 Å². The second-order valence-corrected chi connectivity index (χ2v) is 10.4. The van der Waals surface area contributed by atoms with Crippen LogP contribution >= 0.6 is 0 Å². The van der Waals surface area contributed by atoms with E-state index >= 15 is 0 Å². The fourth-order valence-corrected chi connectivity index (χ4v) is 4.00. The van der Waals surface area contributed by atoms with Crippen molar-refractivity contribution in [3.63, 3.8) is 0 Å². The molecule has 7 N–H and O–H groups in total. The second-order valence-electron chi connectivity index (χ2n) is 10.4. The highest BCUT2D eigenvalue weighted by atomic mass is 16.4. The van der Waals surface area contributed by atoms with E-state index in [-0.39, 0.29) is 37.5 Å². The molecule has 208 valence electrons. The van der Waals surface area contributed by atoms with Gasteiger partial charge in [-0.25, -0.2) is 9.78 Å². The number of rotatable bonds is 15. The van der Waals surface area contributed by atoms with Crippen molar-refractivity contribution in [2.24, 2.45) is 17.6 Å². The molecule has 4 unspecified atom stereocenters. The van der Waals surface area contributed by atoms with Crippen LogP contribution in [0.15, 0.2) is 42.9 Å². The fourth-order valence-electron chi connectivity index (χ4n) is 4.00. The number of hydrogen-bond acceptors (Lipinski definition) is 6. The van der Waals surface area contributed by atoms with E-state index in [1.807, 2.05) is 58.0 Å². The Morgan fingerprint density at radius 1 is 0.842 bits per heavy atom. The Morgan fingerprint density at radius 3 is 1.95 bits per heavy atom. The molecule has 11 heteroatoms. The Morgan fingerprint density at radius 2 is 1.39 bits per heavy atom. The minimum absolute atomic E-state index is 0.0319. The number of carboxylic acids is 1. The summed E-state index contributed by atoms with van der Waals surface area (Å²) in [4.78, 5) is 57.9. The number of imidazole rings is 1. The molecule has 0 aliphatic carbocycles. The van der Waals surface area contributed by atoms with Gasteiger partial charge in [0.05, 0.1) is 12.4 Å². The zero-order chi connectivity index (χ0) is 28.2. The monoisotopic (exact) mass is 528 g/mol. The first-order valence-corrected chi connectivity index (χ1v) is 12.9. The molecule has 0 fully saturated rings. The standard InChI is InChI=1S/C27H40N6O5/c1-16(2)10-21(25(35)33-23(27(37)38)11-17(3)4)32-26(36)22(12-18-8-6-5-7-9-18)31-24(34)20(28)13-19-14-29-15-30-19/h5-9,14-17,20-23H,10-13,28H2,1-4H3,(H,29,30)(H,31,34)(H,32,36)(H,33,35)(H,37,38). The van der Waals surface area contributed by atoms with E-state index in [9.17, 15) is 24.3 Å². The van der Waals surface area contributed by atoms with Crippen LogP contribution < -0.4 is 21.7 Å². The van der Waals surface area contributed by atoms with E-state index in [0.717, 1.165) is 5.56 Å². The fraction of sp³-hybridized carbons (Fsp3) is 0.519. The summed E-state index contributed by atoms with van der Waals surface area (Å²) >= 11 is 0. The number of nitrogens with one attached hydrogen (secondary N) is 4. The van der Waals surface area contributed by atoms with Gasteiger partial charge in [0, 0.05) is 24.7 Å². The zero-order valence-corrected chi connectivity index (χ0v) is 22.4. The average molecular weight is 529 g/mol. The number of H-pyrrole nitrogens is 1. The number of aromatic nitrogens is 2. The maximum atomic E-state index is 13.4. The molecule has 0 bridgehead atoms. The maximum Gasteiger partial charge on any atom is 0.326 e. The Kier molecular flexibility index (Phi) is 11.9. The highest BCUT2D eigenvalue weighted by Crippen LogP contribution is 2.11.